The van der Waals surface area contributed by atoms with E-state index in [1.54, 1.807) is 23.6 Å². The Labute approximate surface area is 173 Å². The second kappa shape index (κ2) is 6.75. The fourth-order valence-electron chi connectivity index (χ4n) is 3.35. The maximum absolute atomic E-state index is 13.2. The van der Waals surface area contributed by atoms with Crippen LogP contribution in [0, 0.1) is 13.8 Å². The van der Waals surface area contributed by atoms with E-state index in [1.807, 2.05) is 37.4 Å². The predicted octanol–water partition coefficient (Wildman–Crippen LogP) is 3.86. The fraction of sp³-hybridized carbons (Fsp3) is 0.143. The van der Waals surface area contributed by atoms with Crippen molar-refractivity contribution < 1.29 is 0 Å². The maximum atomic E-state index is 13.2. The largest absolute Gasteiger partial charge is 0.293 e. The molecule has 29 heavy (non-hydrogen) atoms. The van der Waals surface area contributed by atoms with Gasteiger partial charge in [0.15, 0.2) is 0 Å². The van der Waals surface area contributed by atoms with Crippen LogP contribution in [0.3, 0.4) is 0 Å². The number of pyridine rings is 1. The average molecular weight is 421 g/mol. The van der Waals surface area contributed by atoms with Gasteiger partial charge in [-0.15, -0.1) is 22.7 Å². The molecule has 0 amide bonds. The molecule has 0 bridgehead atoms. The van der Waals surface area contributed by atoms with E-state index >= 15 is 0 Å². The lowest BCUT2D eigenvalue weighted by molar-refractivity contribution is 0.727. The van der Waals surface area contributed by atoms with Gasteiger partial charge in [0, 0.05) is 33.0 Å². The van der Waals surface area contributed by atoms with E-state index in [9.17, 15) is 9.59 Å². The SMILES string of the molecule is Cc1ccc2nc(Cn3cnc4scc(-c5ccc(C)s5)c4c3=O)cc(=O)n2c1. The molecule has 0 aromatic carbocycles. The summed E-state index contributed by atoms with van der Waals surface area (Å²) in [6.45, 7) is 4.17. The van der Waals surface area contributed by atoms with Crippen LogP contribution in [0.25, 0.3) is 26.3 Å². The molecule has 6 nitrogen and oxygen atoms in total. The van der Waals surface area contributed by atoms with Crippen LogP contribution in [0.4, 0.5) is 0 Å². The molecule has 0 radical (unpaired) electrons. The second-order valence-corrected chi connectivity index (χ2v) is 9.08. The number of aryl methyl sites for hydroxylation is 2. The Bertz CT molecular complexity index is 1510. The van der Waals surface area contributed by atoms with Gasteiger partial charge >= 0.3 is 0 Å². The van der Waals surface area contributed by atoms with E-state index in [-0.39, 0.29) is 17.7 Å². The number of hydrogen-bond donors (Lipinski definition) is 0. The van der Waals surface area contributed by atoms with Gasteiger partial charge in [-0.2, -0.15) is 0 Å². The lowest BCUT2D eigenvalue weighted by Gasteiger charge is -2.07. The van der Waals surface area contributed by atoms with Crippen molar-refractivity contribution in [3.05, 3.63) is 85.1 Å². The van der Waals surface area contributed by atoms with Gasteiger partial charge in [0.1, 0.15) is 10.5 Å². The Morgan fingerprint density at radius 2 is 1.97 bits per heavy atom. The summed E-state index contributed by atoms with van der Waals surface area (Å²) in [6, 6.07) is 9.27. The molecule has 5 aromatic rings. The van der Waals surface area contributed by atoms with Crippen molar-refractivity contribution in [1.29, 1.82) is 0 Å². The summed E-state index contributed by atoms with van der Waals surface area (Å²) in [6.07, 6.45) is 3.29. The number of thiophene rings is 2. The van der Waals surface area contributed by atoms with Gasteiger partial charge in [-0.25, -0.2) is 9.97 Å². The first-order chi connectivity index (χ1) is 14.0. The highest BCUT2D eigenvalue weighted by atomic mass is 32.1. The van der Waals surface area contributed by atoms with Gasteiger partial charge in [-0.3, -0.25) is 18.6 Å². The van der Waals surface area contributed by atoms with Crippen molar-refractivity contribution >= 4 is 38.5 Å². The Kier molecular flexibility index (Phi) is 4.18. The molecular formula is C21H16N4O2S2. The minimum Gasteiger partial charge on any atom is -0.293 e. The van der Waals surface area contributed by atoms with E-state index in [1.165, 1.54) is 37.6 Å². The normalized spacial score (nSPS) is 11.5. The van der Waals surface area contributed by atoms with Crippen LogP contribution in [0.15, 0.2) is 57.8 Å². The van der Waals surface area contributed by atoms with Crippen LogP contribution in [-0.2, 0) is 6.54 Å². The Morgan fingerprint density at radius 1 is 1.10 bits per heavy atom. The number of aromatic nitrogens is 4. The lowest BCUT2D eigenvalue weighted by Crippen LogP contribution is -2.23. The third kappa shape index (κ3) is 3.10. The van der Waals surface area contributed by atoms with Crippen molar-refractivity contribution in [3.63, 3.8) is 0 Å². The first-order valence-corrected chi connectivity index (χ1v) is 10.7. The molecule has 0 fully saturated rings. The highest BCUT2D eigenvalue weighted by Crippen LogP contribution is 2.34. The summed E-state index contributed by atoms with van der Waals surface area (Å²) >= 11 is 3.12. The Hall–Kier alpha value is -3.10. The molecule has 0 atom stereocenters. The lowest BCUT2D eigenvalue weighted by atomic mass is 10.2. The van der Waals surface area contributed by atoms with Crippen molar-refractivity contribution in [1.82, 2.24) is 18.9 Å². The molecule has 0 N–H and O–H groups in total. The molecule has 0 saturated heterocycles. The molecule has 0 aliphatic rings. The first kappa shape index (κ1) is 18.0. The molecule has 0 aliphatic heterocycles. The molecule has 144 valence electrons. The summed E-state index contributed by atoms with van der Waals surface area (Å²) in [5.74, 6) is 0. The number of rotatable bonds is 3. The molecule has 5 aromatic heterocycles. The zero-order chi connectivity index (χ0) is 20.1. The van der Waals surface area contributed by atoms with Gasteiger partial charge in [0.2, 0.25) is 0 Å². The molecule has 0 aliphatic carbocycles. The molecule has 5 rings (SSSR count). The highest BCUT2D eigenvalue weighted by molar-refractivity contribution is 7.19. The first-order valence-electron chi connectivity index (χ1n) is 9.02. The van der Waals surface area contributed by atoms with Gasteiger partial charge in [-0.05, 0) is 37.6 Å². The fourth-order valence-corrected chi connectivity index (χ4v) is 5.22. The highest BCUT2D eigenvalue weighted by Gasteiger charge is 2.15. The van der Waals surface area contributed by atoms with Gasteiger partial charge in [-0.1, -0.05) is 6.07 Å². The molecular weight excluding hydrogens is 404 g/mol. The molecule has 0 spiro atoms. The molecule has 5 heterocycles. The van der Waals surface area contributed by atoms with E-state index in [0.29, 0.717) is 21.6 Å². The maximum Gasteiger partial charge on any atom is 0.263 e. The number of nitrogens with zero attached hydrogens (tertiary/aromatic N) is 4. The Balaban J connectivity index is 1.62. The molecule has 0 saturated carbocycles. The number of hydrogen-bond acceptors (Lipinski definition) is 6. The van der Waals surface area contributed by atoms with Crippen LogP contribution in [-0.4, -0.2) is 18.9 Å². The zero-order valence-corrected chi connectivity index (χ0v) is 17.4. The minimum atomic E-state index is -0.166. The van der Waals surface area contributed by atoms with Crippen LogP contribution >= 0.6 is 22.7 Å². The van der Waals surface area contributed by atoms with Crippen molar-refractivity contribution in [3.8, 4) is 10.4 Å². The van der Waals surface area contributed by atoms with Gasteiger partial charge in [0.05, 0.1) is 24.0 Å². The van der Waals surface area contributed by atoms with Gasteiger partial charge < -0.3 is 0 Å². The predicted molar refractivity (Wildman–Crippen MR) is 117 cm³/mol. The summed E-state index contributed by atoms with van der Waals surface area (Å²) in [5.41, 5.74) is 2.70. The monoisotopic (exact) mass is 420 g/mol. The van der Waals surface area contributed by atoms with Crippen LogP contribution in [0.2, 0.25) is 0 Å². The summed E-state index contributed by atoms with van der Waals surface area (Å²) in [4.78, 5) is 37.7. The van der Waals surface area contributed by atoms with Crippen molar-refractivity contribution in [2.75, 3.05) is 0 Å². The quantitative estimate of drug-likeness (QED) is 0.444. The molecule has 8 heteroatoms. The summed E-state index contributed by atoms with van der Waals surface area (Å²) in [7, 11) is 0. The topological polar surface area (TPSA) is 69.3 Å². The average Bonchev–Trinajstić information content (AvgIpc) is 3.31. The zero-order valence-electron chi connectivity index (χ0n) is 15.7. The number of fused-ring (bicyclic) bond motifs is 2. The standard InChI is InChI=1S/C21H16N4O2S2/c1-12-3-6-17-23-14(7-18(26)25(17)8-12)9-24-11-22-20-19(21(24)27)15(10-28-20)16-5-4-13(2)29-16/h3-8,10-11H,9H2,1-2H3. The second-order valence-electron chi connectivity index (χ2n) is 6.94. The van der Waals surface area contributed by atoms with E-state index in [4.69, 9.17) is 0 Å². The van der Waals surface area contributed by atoms with Crippen LogP contribution in [0.1, 0.15) is 16.1 Å². The van der Waals surface area contributed by atoms with E-state index < -0.39 is 0 Å². The Morgan fingerprint density at radius 3 is 2.76 bits per heavy atom. The minimum absolute atomic E-state index is 0.122. The van der Waals surface area contributed by atoms with Gasteiger partial charge in [0.25, 0.3) is 11.1 Å². The molecule has 0 unspecified atom stereocenters. The van der Waals surface area contributed by atoms with Crippen molar-refractivity contribution in [2.24, 2.45) is 0 Å². The van der Waals surface area contributed by atoms with E-state index in [0.717, 1.165) is 16.0 Å². The summed E-state index contributed by atoms with van der Waals surface area (Å²) < 4.78 is 3.03. The van der Waals surface area contributed by atoms with Crippen LogP contribution < -0.4 is 11.1 Å². The van der Waals surface area contributed by atoms with Crippen molar-refractivity contribution in [2.45, 2.75) is 20.4 Å². The third-order valence-electron chi connectivity index (χ3n) is 4.76. The third-order valence-corrected chi connectivity index (χ3v) is 6.68. The van der Waals surface area contributed by atoms with Crippen LogP contribution in [0.5, 0.6) is 0 Å². The summed E-state index contributed by atoms with van der Waals surface area (Å²) in [5, 5.41) is 2.60. The van der Waals surface area contributed by atoms with E-state index in [2.05, 4.69) is 9.97 Å². The smallest absolute Gasteiger partial charge is 0.263 e.